The maximum Gasteiger partial charge on any atom is 0.238 e. The third kappa shape index (κ3) is 6.72. The molecule has 1 aromatic carbocycles. The van der Waals surface area contributed by atoms with Gasteiger partial charge in [0.05, 0.1) is 6.61 Å². The standard InChI is InChI=1S/C28H40FN3O6/c1-17(2)24-20(27(31-30-24)38-28-26(36)25(35)23(29)21(16-33)37-28)15-19-11-9-18(10-12-19)7-6-8-22(34)32-13-4-3-5-14-32/h9-12,17,21,23,25-26,28,33,35-36H,3-8,13-16H2,1-2H3,(H,30,31)/t21-,23-,25+,26-,28+/m1/s1. The van der Waals surface area contributed by atoms with Crippen LogP contribution < -0.4 is 4.74 Å². The minimum atomic E-state index is -1.93. The van der Waals surface area contributed by atoms with Gasteiger partial charge in [-0.15, -0.1) is 5.10 Å². The van der Waals surface area contributed by atoms with Crippen LogP contribution in [0.25, 0.3) is 0 Å². The van der Waals surface area contributed by atoms with Gasteiger partial charge in [-0.1, -0.05) is 38.1 Å². The topological polar surface area (TPSA) is 128 Å². The smallest absolute Gasteiger partial charge is 0.238 e. The summed E-state index contributed by atoms with van der Waals surface area (Å²) in [4.78, 5) is 14.4. The number of aliphatic hydroxyl groups is 3. The zero-order chi connectivity index (χ0) is 27.2. The molecule has 2 aliphatic heterocycles. The van der Waals surface area contributed by atoms with Gasteiger partial charge in [0.25, 0.3) is 0 Å². The van der Waals surface area contributed by atoms with Gasteiger partial charge in [0, 0.05) is 37.2 Å². The second-order valence-electron chi connectivity index (χ2n) is 10.6. The number of carbonyl (C=O) groups excluding carboxylic acids is 1. The summed E-state index contributed by atoms with van der Waals surface area (Å²) in [6, 6.07) is 8.20. The fourth-order valence-electron chi connectivity index (χ4n) is 5.13. The summed E-state index contributed by atoms with van der Waals surface area (Å²) in [5, 5.41) is 37.0. The van der Waals surface area contributed by atoms with Crippen molar-refractivity contribution >= 4 is 5.91 Å². The lowest BCUT2D eigenvalue weighted by Gasteiger charge is -2.38. The predicted octanol–water partition coefficient (Wildman–Crippen LogP) is 2.62. The highest BCUT2D eigenvalue weighted by atomic mass is 19.1. The Morgan fingerprint density at radius 1 is 1.16 bits per heavy atom. The van der Waals surface area contributed by atoms with E-state index in [4.69, 9.17) is 9.47 Å². The molecule has 38 heavy (non-hydrogen) atoms. The van der Waals surface area contributed by atoms with Gasteiger partial charge in [-0.25, -0.2) is 4.39 Å². The van der Waals surface area contributed by atoms with Crippen molar-refractivity contribution in [1.82, 2.24) is 15.1 Å². The van der Waals surface area contributed by atoms with Crippen LogP contribution in [0.5, 0.6) is 5.88 Å². The molecule has 4 rings (SSSR count). The summed E-state index contributed by atoms with van der Waals surface area (Å²) in [5.41, 5.74) is 3.81. The number of benzene rings is 1. The summed E-state index contributed by atoms with van der Waals surface area (Å²) >= 11 is 0. The maximum atomic E-state index is 14.1. The van der Waals surface area contributed by atoms with E-state index in [0.29, 0.717) is 12.8 Å². The number of likely N-dealkylation sites (tertiary alicyclic amines) is 1. The van der Waals surface area contributed by atoms with Gasteiger partial charge in [-0.2, -0.15) is 0 Å². The number of nitrogens with zero attached hydrogens (tertiary/aromatic N) is 2. The Morgan fingerprint density at radius 3 is 2.50 bits per heavy atom. The van der Waals surface area contributed by atoms with E-state index in [1.165, 1.54) is 6.42 Å². The Balaban J connectivity index is 1.39. The first-order chi connectivity index (χ1) is 18.3. The molecule has 4 N–H and O–H groups in total. The molecule has 2 aliphatic rings. The number of H-pyrrole nitrogens is 1. The lowest BCUT2D eigenvalue weighted by atomic mass is 9.98. The number of aromatic nitrogens is 2. The third-order valence-corrected chi connectivity index (χ3v) is 7.43. The second kappa shape index (κ2) is 13.0. The molecule has 2 fully saturated rings. The summed E-state index contributed by atoms with van der Waals surface area (Å²) in [6.07, 6.45) is -1.88. The highest BCUT2D eigenvalue weighted by Crippen LogP contribution is 2.31. The number of piperidine rings is 1. The zero-order valence-electron chi connectivity index (χ0n) is 22.2. The highest BCUT2D eigenvalue weighted by Gasteiger charge is 2.46. The number of nitrogens with one attached hydrogen (secondary N) is 1. The van der Waals surface area contributed by atoms with Crippen LogP contribution in [0.3, 0.4) is 0 Å². The van der Waals surface area contributed by atoms with Gasteiger partial charge in [0.2, 0.25) is 18.1 Å². The molecule has 0 unspecified atom stereocenters. The number of hydrogen-bond acceptors (Lipinski definition) is 7. The first-order valence-electron chi connectivity index (χ1n) is 13.6. The molecule has 0 radical (unpaired) electrons. The van der Waals surface area contributed by atoms with E-state index < -0.39 is 37.4 Å². The van der Waals surface area contributed by atoms with Crippen molar-refractivity contribution in [3.8, 4) is 5.88 Å². The van der Waals surface area contributed by atoms with Crippen molar-refractivity contribution < 1.29 is 34.0 Å². The zero-order valence-corrected chi connectivity index (χ0v) is 22.2. The van der Waals surface area contributed by atoms with Crippen molar-refractivity contribution in [1.29, 1.82) is 0 Å². The molecule has 0 spiro atoms. The number of aromatic amines is 1. The molecule has 1 amide bonds. The molecule has 3 heterocycles. The number of ether oxygens (including phenoxy) is 2. The number of aryl methyl sites for hydroxylation is 1. The van der Waals surface area contributed by atoms with E-state index in [1.54, 1.807) is 0 Å². The number of alkyl halides is 1. The molecule has 2 saturated heterocycles. The number of hydrogen-bond donors (Lipinski definition) is 4. The number of rotatable bonds is 10. The lowest BCUT2D eigenvalue weighted by Crippen LogP contribution is -2.58. The van der Waals surface area contributed by atoms with Crippen molar-refractivity contribution in [2.75, 3.05) is 19.7 Å². The van der Waals surface area contributed by atoms with Crippen molar-refractivity contribution in [2.24, 2.45) is 0 Å². The van der Waals surface area contributed by atoms with Gasteiger partial charge < -0.3 is 29.7 Å². The molecule has 1 aromatic heterocycles. The number of aliphatic hydroxyl groups excluding tert-OH is 3. The van der Waals surface area contributed by atoms with Crippen molar-refractivity contribution in [2.45, 2.75) is 95.5 Å². The largest absolute Gasteiger partial charge is 0.443 e. The van der Waals surface area contributed by atoms with Crippen molar-refractivity contribution in [3.63, 3.8) is 0 Å². The average molecular weight is 534 g/mol. The normalized spacial score (nSPS) is 26.1. The Morgan fingerprint density at radius 2 is 1.84 bits per heavy atom. The van der Waals surface area contributed by atoms with Gasteiger partial charge in [0.15, 0.2) is 6.17 Å². The molecule has 210 valence electrons. The van der Waals surface area contributed by atoms with E-state index in [0.717, 1.165) is 61.2 Å². The summed E-state index contributed by atoms with van der Waals surface area (Å²) in [7, 11) is 0. The van der Waals surface area contributed by atoms with Crippen LogP contribution in [-0.4, -0.2) is 86.8 Å². The maximum absolute atomic E-state index is 14.1. The SMILES string of the molecule is CC(C)c1[nH]nc(O[C@@H]2O[C@H](CO)[C@@H](F)[C@H](O)[C@H]2O)c1Cc1ccc(CCCC(=O)N2CCCCC2)cc1. The third-order valence-electron chi connectivity index (χ3n) is 7.43. The Labute approximate surface area is 223 Å². The van der Waals surface area contributed by atoms with Crippen LogP contribution in [0.2, 0.25) is 0 Å². The van der Waals surface area contributed by atoms with E-state index in [9.17, 15) is 24.5 Å². The minimum Gasteiger partial charge on any atom is -0.443 e. The van der Waals surface area contributed by atoms with Gasteiger partial charge in [-0.05, 0) is 49.1 Å². The molecular weight excluding hydrogens is 493 g/mol. The van der Waals surface area contributed by atoms with Crippen molar-refractivity contribution in [3.05, 3.63) is 46.6 Å². The fraction of sp³-hybridized carbons (Fsp3) is 0.643. The quantitative estimate of drug-likeness (QED) is 0.370. The van der Waals surface area contributed by atoms with E-state index in [-0.39, 0.29) is 17.7 Å². The van der Waals surface area contributed by atoms with Crippen LogP contribution >= 0.6 is 0 Å². The number of halogens is 1. The first kappa shape index (κ1) is 28.5. The molecule has 9 nitrogen and oxygen atoms in total. The molecule has 10 heteroatoms. The van der Waals surface area contributed by atoms with Crippen LogP contribution in [0.4, 0.5) is 4.39 Å². The number of carbonyl (C=O) groups is 1. The Kier molecular flexibility index (Phi) is 9.75. The van der Waals surface area contributed by atoms with Crippen LogP contribution in [-0.2, 0) is 22.4 Å². The molecule has 0 saturated carbocycles. The van der Waals surface area contributed by atoms with Gasteiger partial charge in [-0.3, -0.25) is 9.89 Å². The molecular formula is C28H40FN3O6. The summed E-state index contributed by atoms with van der Waals surface area (Å²) in [5.74, 6) is 0.552. The summed E-state index contributed by atoms with van der Waals surface area (Å²) in [6.45, 7) is 5.14. The molecule has 2 aromatic rings. The van der Waals surface area contributed by atoms with Gasteiger partial charge >= 0.3 is 0 Å². The van der Waals surface area contributed by atoms with Gasteiger partial charge in [0.1, 0.15) is 18.3 Å². The minimum absolute atomic E-state index is 0.106. The van der Waals surface area contributed by atoms with Crippen LogP contribution in [0, 0.1) is 0 Å². The van der Waals surface area contributed by atoms with E-state index in [1.807, 2.05) is 30.9 Å². The highest BCUT2D eigenvalue weighted by molar-refractivity contribution is 5.76. The lowest BCUT2D eigenvalue weighted by molar-refractivity contribution is -0.265. The first-order valence-corrected chi connectivity index (χ1v) is 13.6. The molecule has 5 atom stereocenters. The molecule has 0 bridgehead atoms. The summed E-state index contributed by atoms with van der Waals surface area (Å²) < 4.78 is 25.3. The van der Waals surface area contributed by atoms with E-state index in [2.05, 4.69) is 22.3 Å². The van der Waals surface area contributed by atoms with E-state index >= 15 is 0 Å². The Hall–Kier alpha value is -2.53. The van der Waals surface area contributed by atoms with Crippen LogP contribution in [0.15, 0.2) is 24.3 Å². The Bertz CT molecular complexity index is 1040. The van der Waals surface area contributed by atoms with Crippen LogP contribution in [0.1, 0.15) is 74.3 Å². The second-order valence-corrected chi connectivity index (χ2v) is 10.6. The average Bonchev–Trinajstić information content (AvgIpc) is 3.32. The molecule has 0 aliphatic carbocycles. The fourth-order valence-corrected chi connectivity index (χ4v) is 5.13. The number of amides is 1. The predicted molar refractivity (Wildman–Crippen MR) is 139 cm³/mol. The monoisotopic (exact) mass is 533 g/mol.